The number of fused-ring (bicyclic) bond motifs is 1. The van der Waals surface area contributed by atoms with E-state index in [2.05, 4.69) is 27.3 Å². The molecule has 1 aliphatic carbocycles. The third kappa shape index (κ3) is 4.01. The molecule has 2 aliphatic rings. The van der Waals surface area contributed by atoms with Gasteiger partial charge in [-0.05, 0) is 50.4 Å². The Morgan fingerprint density at radius 3 is 3.04 bits per heavy atom. The molecule has 1 saturated heterocycles. The summed E-state index contributed by atoms with van der Waals surface area (Å²) in [4.78, 5) is 17.6. The molecule has 1 unspecified atom stereocenters. The maximum Gasteiger partial charge on any atom is 0.269 e. The van der Waals surface area contributed by atoms with E-state index < -0.39 is 0 Å². The second-order valence-electron chi connectivity index (χ2n) is 7.27. The highest BCUT2D eigenvalue weighted by molar-refractivity contribution is 5.93. The molecule has 1 atom stereocenters. The molecule has 0 radical (unpaired) electrons. The molecule has 27 heavy (non-hydrogen) atoms. The lowest BCUT2D eigenvalue weighted by Crippen LogP contribution is -2.43. The Balaban J connectivity index is 1.45. The van der Waals surface area contributed by atoms with Crippen LogP contribution in [0.5, 0.6) is 0 Å². The standard InChI is InChI=1S/C21H24N4O2/c26-25(27)21-9-2-1-5-17(21)14-24-12-4-7-18(15-24)23-20-8-3-6-16-13-22-11-10-19(16)20/h3,5-6,8-11,13,18,23H,1-2,4,7,12,14-15H2. The Labute approximate surface area is 158 Å². The zero-order valence-corrected chi connectivity index (χ0v) is 15.3. The van der Waals surface area contributed by atoms with E-state index in [-0.39, 0.29) is 10.6 Å². The number of nitrogens with zero attached hydrogens (tertiary/aromatic N) is 3. The lowest BCUT2D eigenvalue weighted by atomic mass is 10.00. The molecule has 1 aromatic carbocycles. The van der Waals surface area contributed by atoms with Crippen LogP contribution in [0.4, 0.5) is 5.69 Å². The molecule has 140 valence electrons. The SMILES string of the molecule is O=[N+]([O-])C1=CCCC=C1CN1CCCC(Nc2cccc3cnccc23)C1. The molecule has 4 rings (SSSR count). The lowest BCUT2D eigenvalue weighted by molar-refractivity contribution is -0.421. The number of anilines is 1. The van der Waals surface area contributed by atoms with Gasteiger partial charge < -0.3 is 5.32 Å². The van der Waals surface area contributed by atoms with Crippen LogP contribution in [0.1, 0.15) is 25.7 Å². The van der Waals surface area contributed by atoms with E-state index in [4.69, 9.17) is 0 Å². The molecule has 6 heteroatoms. The normalized spacial score (nSPS) is 20.8. The summed E-state index contributed by atoms with van der Waals surface area (Å²) in [6.45, 7) is 2.54. The number of piperidine rings is 1. The Morgan fingerprint density at radius 1 is 1.26 bits per heavy atom. The van der Waals surface area contributed by atoms with Crippen LogP contribution in [0.2, 0.25) is 0 Å². The van der Waals surface area contributed by atoms with Gasteiger partial charge in [-0.2, -0.15) is 0 Å². The first-order valence-electron chi connectivity index (χ1n) is 9.56. The molecule has 1 aromatic heterocycles. The first kappa shape index (κ1) is 17.7. The molecule has 6 nitrogen and oxygen atoms in total. The zero-order chi connectivity index (χ0) is 18.6. The summed E-state index contributed by atoms with van der Waals surface area (Å²) in [7, 11) is 0. The second-order valence-corrected chi connectivity index (χ2v) is 7.27. The van der Waals surface area contributed by atoms with Gasteiger partial charge in [0.1, 0.15) is 0 Å². The number of nitrogens with one attached hydrogen (secondary N) is 1. The summed E-state index contributed by atoms with van der Waals surface area (Å²) in [6, 6.07) is 8.61. The summed E-state index contributed by atoms with van der Waals surface area (Å²) in [5.41, 5.74) is 2.28. The Morgan fingerprint density at radius 2 is 2.15 bits per heavy atom. The molecule has 0 amide bonds. The van der Waals surface area contributed by atoms with Crippen LogP contribution in [0.3, 0.4) is 0 Å². The average molecular weight is 364 g/mol. The summed E-state index contributed by atoms with van der Waals surface area (Å²) >= 11 is 0. The van der Waals surface area contributed by atoms with Gasteiger partial charge in [0.25, 0.3) is 5.70 Å². The minimum atomic E-state index is -0.241. The predicted octanol–water partition coefficient (Wildman–Crippen LogP) is 3.99. The summed E-state index contributed by atoms with van der Waals surface area (Å²) in [5.74, 6) is 0. The monoisotopic (exact) mass is 364 g/mol. The quantitative estimate of drug-likeness (QED) is 0.641. The Kier molecular flexibility index (Phi) is 5.16. The van der Waals surface area contributed by atoms with Crippen LogP contribution in [-0.4, -0.2) is 40.5 Å². The average Bonchev–Trinajstić information content (AvgIpc) is 2.69. The van der Waals surface area contributed by atoms with Gasteiger partial charge in [-0.3, -0.25) is 20.0 Å². The third-order valence-corrected chi connectivity index (χ3v) is 5.36. The van der Waals surface area contributed by atoms with Crippen LogP contribution < -0.4 is 5.32 Å². The van der Waals surface area contributed by atoms with Crippen molar-refractivity contribution < 1.29 is 4.92 Å². The summed E-state index contributed by atoms with van der Waals surface area (Å²) in [5, 5.41) is 17.3. The van der Waals surface area contributed by atoms with Gasteiger partial charge in [0.05, 0.1) is 4.92 Å². The number of likely N-dealkylation sites (tertiary alicyclic amines) is 1. The van der Waals surface area contributed by atoms with E-state index in [9.17, 15) is 10.1 Å². The van der Waals surface area contributed by atoms with Crippen LogP contribution in [0.25, 0.3) is 10.8 Å². The van der Waals surface area contributed by atoms with E-state index >= 15 is 0 Å². The molecule has 1 fully saturated rings. The molecule has 2 aromatic rings. The predicted molar refractivity (Wildman–Crippen MR) is 107 cm³/mol. The van der Waals surface area contributed by atoms with Crippen molar-refractivity contribution >= 4 is 16.5 Å². The minimum Gasteiger partial charge on any atom is -0.381 e. The van der Waals surface area contributed by atoms with Crippen LogP contribution in [-0.2, 0) is 0 Å². The maximum atomic E-state index is 11.3. The first-order valence-corrected chi connectivity index (χ1v) is 9.56. The number of pyridine rings is 1. The Bertz CT molecular complexity index is 901. The first-order chi connectivity index (χ1) is 13.2. The van der Waals surface area contributed by atoms with Crippen molar-refractivity contribution in [2.24, 2.45) is 0 Å². The Hall–Kier alpha value is -2.73. The van der Waals surface area contributed by atoms with E-state index in [1.807, 2.05) is 30.6 Å². The molecule has 1 aliphatic heterocycles. The van der Waals surface area contributed by atoms with Crippen LogP contribution in [0.15, 0.2) is 60.1 Å². The van der Waals surface area contributed by atoms with Gasteiger partial charge in [0.2, 0.25) is 0 Å². The number of nitro groups is 1. The zero-order valence-electron chi connectivity index (χ0n) is 15.3. The van der Waals surface area contributed by atoms with Crippen molar-refractivity contribution in [2.75, 3.05) is 25.0 Å². The van der Waals surface area contributed by atoms with Crippen LogP contribution >= 0.6 is 0 Å². The molecule has 0 bridgehead atoms. The summed E-state index contributed by atoms with van der Waals surface area (Å²) < 4.78 is 0. The van der Waals surface area contributed by atoms with Crippen molar-refractivity contribution in [3.63, 3.8) is 0 Å². The van der Waals surface area contributed by atoms with Crippen molar-refractivity contribution in [1.29, 1.82) is 0 Å². The molecule has 1 N–H and O–H groups in total. The number of rotatable bonds is 5. The van der Waals surface area contributed by atoms with Gasteiger partial charge in [0, 0.05) is 53.6 Å². The van der Waals surface area contributed by atoms with Gasteiger partial charge >= 0.3 is 0 Å². The molecule has 0 saturated carbocycles. The topological polar surface area (TPSA) is 71.3 Å². The minimum absolute atomic E-state index is 0.241. The fourth-order valence-corrected chi connectivity index (χ4v) is 4.08. The molecular weight excluding hydrogens is 340 g/mol. The third-order valence-electron chi connectivity index (χ3n) is 5.36. The van der Waals surface area contributed by atoms with E-state index in [1.54, 1.807) is 6.08 Å². The smallest absolute Gasteiger partial charge is 0.269 e. The van der Waals surface area contributed by atoms with Crippen molar-refractivity contribution in [3.05, 3.63) is 70.2 Å². The van der Waals surface area contributed by atoms with Crippen molar-refractivity contribution in [1.82, 2.24) is 9.88 Å². The number of hydrogen-bond donors (Lipinski definition) is 1. The van der Waals surface area contributed by atoms with Gasteiger partial charge in [-0.15, -0.1) is 0 Å². The highest BCUT2D eigenvalue weighted by Gasteiger charge is 2.25. The van der Waals surface area contributed by atoms with Crippen molar-refractivity contribution in [2.45, 2.75) is 31.7 Å². The van der Waals surface area contributed by atoms with E-state index in [1.165, 1.54) is 5.39 Å². The second kappa shape index (κ2) is 7.88. The number of benzene rings is 1. The van der Waals surface area contributed by atoms with Gasteiger partial charge in [0.15, 0.2) is 0 Å². The molecular formula is C21H24N4O2. The number of allylic oxidation sites excluding steroid dienone is 2. The largest absolute Gasteiger partial charge is 0.381 e. The van der Waals surface area contributed by atoms with Gasteiger partial charge in [-0.25, -0.2) is 0 Å². The van der Waals surface area contributed by atoms with Gasteiger partial charge in [-0.1, -0.05) is 18.2 Å². The van der Waals surface area contributed by atoms with Crippen molar-refractivity contribution in [3.8, 4) is 0 Å². The highest BCUT2D eigenvalue weighted by Crippen LogP contribution is 2.26. The van der Waals surface area contributed by atoms with E-state index in [0.29, 0.717) is 12.6 Å². The van der Waals surface area contributed by atoms with Crippen LogP contribution in [0, 0.1) is 10.1 Å². The number of hydrogen-bond acceptors (Lipinski definition) is 5. The maximum absolute atomic E-state index is 11.3. The highest BCUT2D eigenvalue weighted by atomic mass is 16.6. The fourth-order valence-electron chi connectivity index (χ4n) is 4.08. The molecule has 0 spiro atoms. The molecule has 2 heterocycles. The lowest BCUT2D eigenvalue weighted by Gasteiger charge is -2.34. The number of aromatic nitrogens is 1. The summed E-state index contributed by atoms with van der Waals surface area (Å²) in [6.07, 6.45) is 11.4. The fraction of sp³-hybridized carbons (Fsp3) is 0.381. The van der Waals surface area contributed by atoms with E-state index in [0.717, 1.165) is 55.4 Å².